The first-order chi connectivity index (χ1) is 10.2. The maximum atomic E-state index is 11.7. The molecule has 1 fully saturated rings. The second-order valence-electron chi connectivity index (χ2n) is 5.17. The number of hydrogen-bond donors (Lipinski definition) is 1. The van der Waals surface area contributed by atoms with Crippen LogP contribution in [0.2, 0.25) is 0 Å². The fraction of sp³-hybridized carbons (Fsp3) is 0.643. The number of amides is 1. The van der Waals surface area contributed by atoms with E-state index in [1.165, 1.54) is 0 Å². The van der Waals surface area contributed by atoms with Gasteiger partial charge in [-0.15, -0.1) is 0 Å². The van der Waals surface area contributed by atoms with Crippen LogP contribution in [0.1, 0.15) is 32.6 Å². The monoisotopic (exact) mass is 310 g/mol. The third kappa shape index (κ3) is 4.70. The predicted molar refractivity (Wildman–Crippen MR) is 84.2 cm³/mol. The highest BCUT2D eigenvalue weighted by atomic mass is 32.1. The van der Waals surface area contributed by atoms with Gasteiger partial charge in [0.1, 0.15) is 6.33 Å². The third-order valence-electron chi connectivity index (χ3n) is 3.47. The van der Waals surface area contributed by atoms with Gasteiger partial charge >= 0.3 is 6.09 Å². The summed E-state index contributed by atoms with van der Waals surface area (Å²) in [5, 5.41) is 3.64. The molecule has 116 valence electrons. The molecule has 1 aliphatic heterocycles. The minimum absolute atomic E-state index is 0.0781. The van der Waals surface area contributed by atoms with E-state index in [4.69, 9.17) is 17.0 Å². The molecule has 1 saturated heterocycles. The summed E-state index contributed by atoms with van der Waals surface area (Å²) in [7, 11) is 0. The minimum Gasteiger partial charge on any atom is -0.450 e. The molecule has 0 bridgehead atoms. The van der Waals surface area contributed by atoms with Gasteiger partial charge in [-0.05, 0) is 31.5 Å². The van der Waals surface area contributed by atoms with E-state index in [2.05, 4.69) is 22.1 Å². The van der Waals surface area contributed by atoms with Crippen LogP contribution >= 0.6 is 12.2 Å². The van der Waals surface area contributed by atoms with Crippen molar-refractivity contribution >= 4 is 23.4 Å². The number of nitrogens with zero attached hydrogens (tertiary/aromatic N) is 3. The molecular weight excluding hydrogens is 288 g/mol. The van der Waals surface area contributed by atoms with E-state index in [1.54, 1.807) is 12.5 Å². The van der Waals surface area contributed by atoms with Crippen molar-refractivity contribution in [3.05, 3.63) is 18.7 Å². The molecule has 0 aromatic carbocycles. The molecule has 1 unspecified atom stereocenters. The molecule has 21 heavy (non-hydrogen) atoms. The molecule has 1 N–H and O–H groups in total. The Balaban J connectivity index is 1.80. The van der Waals surface area contributed by atoms with E-state index in [0.717, 1.165) is 37.3 Å². The van der Waals surface area contributed by atoms with Crippen molar-refractivity contribution in [3.8, 4) is 0 Å². The summed E-state index contributed by atoms with van der Waals surface area (Å²) in [4.78, 5) is 17.8. The molecular formula is C14H22N4O2S. The molecule has 1 amide bonds. The van der Waals surface area contributed by atoms with Crippen LogP contribution in [0.3, 0.4) is 0 Å². The van der Waals surface area contributed by atoms with Gasteiger partial charge in [-0.2, -0.15) is 0 Å². The Morgan fingerprint density at radius 1 is 1.57 bits per heavy atom. The number of carbonyl (C=O) groups excluding carboxylic acids is 1. The van der Waals surface area contributed by atoms with Crippen LogP contribution in [-0.4, -0.2) is 51.4 Å². The molecule has 0 radical (unpaired) electrons. The van der Waals surface area contributed by atoms with E-state index in [0.29, 0.717) is 13.2 Å². The number of aromatic nitrogens is 2. The van der Waals surface area contributed by atoms with Crippen LogP contribution in [0.5, 0.6) is 0 Å². The molecule has 6 nitrogen and oxygen atoms in total. The van der Waals surface area contributed by atoms with Crippen LogP contribution in [-0.2, 0) is 4.74 Å². The van der Waals surface area contributed by atoms with Crippen LogP contribution in [0.25, 0.3) is 0 Å². The zero-order chi connectivity index (χ0) is 15.1. The largest absolute Gasteiger partial charge is 0.450 e. The van der Waals surface area contributed by atoms with Gasteiger partial charge in [0, 0.05) is 31.5 Å². The van der Waals surface area contributed by atoms with Crippen molar-refractivity contribution in [3.63, 3.8) is 0 Å². The Morgan fingerprint density at radius 3 is 3.14 bits per heavy atom. The summed E-state index contributed by atoms with van der Waals surface area (Å²) in [5.74, 6) is 0. The fourth-order valence-electron chi connectivity index (χ4n) is 2.32. The van der Waals surface area contributed by atoms with E-state index < -0.39 is 0 Å². The number of imidazole rings is 1. The molecule has 2 heterocycles. The van der Waals surface area contributed by atoms with Gasteiger partial charge in [0.05, 0.1) is 6.61 Å². The van der Waals surface area contributed by atoms with E-state index >= 15 is 0 Å². The van der Waals surface area contributed by atoms with Crippen LogP contribution < -0.4 is 5.32 Å². The van der Waals surface area contributed by atoms with Crippen molar-refractivity contribution in [2.24, 2.45) is 0 Å². The Morgan fingerprint density at radius 2 is 2.43 bits per heavy atom. The van der Waals surface area contributed by atoms with E-state index in [-0.39, 0.29) is 12.1 Å². The second kappa shape index (κ2) is 7.97. The van der Waals surface area contributed by atoms with Crippen LogP contribution in [0.4, 0.5) is 4.79 Å². The lowest BCUT2D eigenvalue weighted by Crippen LogP contribution is -2.50. The number of nitrogens with one attached hydrogen (secondary N) is 1. The highest BCUT2D eigenvalue weighted by Crippen LogP contribution is 2.12. The Labute approximate surface area is 130 Å². The van der Waals surface area contributed by atoms with Gasteiger partial charge in [0.15, 0.2) is 5.11 Å². The molecule has 2 rings (SSSR count). The summed E-state index contributed by atoms with van der Waals surface area (Å²) in [6.45, 7) is 4.16. The number of alkyl carbamates (subject to hydrolysis) is 1. The highest BCUT2D eigenvalue weighted by molar-refractivity contribution is 7.80. The lowest BCUT2D eigenvalue weighted by atomic mass is 10.1. The maximum Gasteiger partial charge on any atom is 0.407 e. The van der Waals surface area contributed by atoms with Crippen molar-refractivity contribution in [2.45, 2.75) is 38.6 Å². The number of carbonyl (C=O) groups is 1. The molecule has 7 heteroatoms. The Hall–Kier alpha value is -1.63. The zero-order valence-electron chi connectivity index (χ0n) is 12.3. The SMILES string of the molecule is CCCCOC(=O)NC1CCCN(C(=S)n2ccnc2)C1. The van der Waals surface area contributed by atoms with Crippen molar-refractivity contribution < 1.29 is 9.53 Å². The lowest BCUT2D eigenvalue weighted by Gasteiger charge is -2.34. The maximum absolute atomic E-state index is 11.7. The van der Waals surface area contributed by atoms with Crippen LogP contribution in [0, 0.1) is 0 Å². The molecule has 0 spiro atoms. The summed E-state index contributed by atoms with van der Waals surface area (Å²) >= 11 is 5.45. The summed E-state index contributed by atoms with van der Waals surface area (Å²) in [6, 6.07) is 0.0781. The van der Waals surface area contributed by atoms with Gasteiger partial charge in [-0.3, -0.25) is 4.57 Å². The molecule has 0 aliphatic carbocycles. The first kappa shape index (κ1) is 15.8. The van der Waals surface area contributed by atoms with Gasteiger partial charge in [0.2, 0.25) is 0 Å². The summed E-state index contributed by atoms with van der Waals surface area (Å²) in [6.07, 6.45) is 8.76. The standard InChI is InChI=1S/C14H22N4O2S/c1-2-3-9-20-13(19)16-12-5-4-7-17(10-12)14(21)18-8-6-15-11-18/h6,8,11-12H,2-5,7,9-10H2,1H3,(H,16,19). The van der Waals surface area contributed by atoms with Gasteiger partial charge in [0.25, 0.3) is 0 Å². The predicted octanol–water partition coefficient (Wildman–Crippen LogP) is 2.01. The van der Waals surface area contributed by atoms with Crippen LogP contribution in [0.15, 0.2) is 18.7 Å². The molecule has 1 aromatic rings. The number of ether oxygens (including phenoxy) is 1. The quantitative estimate of drug-likeness (QED) is 0.681. The van der Waals surface area contributed by atoms with Gasteiger partial charge in [-0.25, -0.2) is 9.78 Å². The molecule has 1 aliphatic rings. The summed E-state index contributed by atoms with van der Waals surface area (Å²) < 4.78 is 6.95. The van der Waals surface area contributed by atoms with Crippen molar-refractivity contribution in [2.75, 3.05) is 19.7 Å². The van der Waals surface area contributed by atoms with E-state index in [9.17, 15) is 4.79 Å². The highest BCUT2D eigenvalue weighted by Gasteiger charge is 2.23. The summed E-state index contributed by atoms with van der Waals surface area (Å²) in [5.41, 5.74) is 0. The molecule has 0 saturated carbocycles. The average Bonchev–Trinajstić information content (AvgIpc) is 3.01. The molecule has 1 atom stereocenters. The second-order valence-corrected chi connectivity index (χ2v) is 5.54. The number of thiocarbonyl (C=S) groups is 1. The smallest absolute Gasteiger partial charge is 0.407 e. The van der Waals surface area contributed by atoms with Gasteiger partial charge in [-0.1, -0.05) is 13.3 Å². The number of piperidine rings is 1. The third-order valence-corrected chi connectivity index (χ3v) is 3.94. The number of rotatable bonds is 4. The number of hydrogen-bond acceptors (Lipinski definition) is 4. The minimum atomic E-state index is -0.330. The topological polar surface area (TPSA) is 59.4 Å². The molecule has 1 aromatic heterocycles. The first-order valence-corrected chi connectivity index (χ1v) is 7.82. The average molecular weight is 310 g/mol. The normalized spacial score (nSPS) is 18.3. The number of unbranched alkanes of at least 4 members (excludes halogenated alkanes) is 1. The van der Waals surface area contributed by atoms with Gasteiger partial charge < -0.3 is 15.0 Å². The van der Waals surface area contributed by atoms with E-state index in [1.807, 2.05) is 10.8 Å². The number of likely N-dealkylation sites (tertiary alicyclic amines) is 1. The van der Waals surface area contributed by atoms with Crippen molar-refractivity contribution in [1.82, 2.24) is 19.8 Å². The fourth-order valence-corrected chi connectivity index (χ4v) is 2.60. The lowest BCUT2D eigenvalue weighted by molar-refractivity contribution is 0.135. The Bertz CT molecular complexity index is 464. The van der Waals surface area contributed by atoms with Crippen molar-refractivity contribution in [1.29, 1.82) is 0 Å². The Kier molecular flexibility index (Phi) is 5.98. The first-order valence-electron chi connectivity index (χ1n) is 7.41. The zero-order valence-corrected chi connectivity index (χ0v) is 13.1.